The standard InChI is InChI=1S/C29H58N2O2/c1-5-7-8-9-10-11-12-13-14-15-16-17-18-19-20-21-22-24-28(6-2)30-25-23-26-31(3,4)27-29(32)33/h13-14,28,30H,5-12,15-27H2,1-4H3/p+1/b14-13-. The van der Waals surface area contributed by atoms with E-state index < -0.39 is 5.97 Å². The SMILES string of the molecule is CCCCCCCC/C=C\CCCCCCCCCC(CC)NCCC[N+](C)(C)CC(=O)O. The molecular weight excluding hydrogens is 408 g/mol. The second-order valence-electron chi connectivity index (χ2n) is 10.7. The molecule has 0 heterocycles. The van der Waals surface area contributed by atoms with Gasteiger partial charge in [-0.15, -0.1) is 0 Å². The van der Waals surface area contributed by atoms with Gasteiger partial charge >= 0.3 is 5.97 Å². The van der Waals surface area contributed by atoms with Crippen molar-refractivity contribution in [2.24, 2.45) is 0 Å². The Morgan fingerprint density at radius 3 is 1.82 bits per heavy atom. The van der Waals surface area contributed by atoms with Crippen LogP contribution in [0.3, 0.4) is 0 Å². The lowest BCUT2D eigenvalue weighted by molar-refractivity contribution is -0.883. The van der Waals surface area contributed by atoms with Crippen molar-refractivity contribution < 1.29 is 14.4 Å². The van der Waals surface area contributed by atoms with Crippen molar-refractivity contribution in [1.29, 1.82) is 0 Å². The minimum atomic E-state index is -0.713. The lowest BCUT2D eigenvalue weighted by atomic mass is 10.0. The van der Waals surface area contributed by atoms with Crippen LogP contribution in [0.15, 0.2) is 12.2 Å². The van der Waals surface area contributed by atoms with Crippen LogP contribution in [0.4, 0.5) is 0 Å². The van der Waals surface area contributed by atoms with Crippen molar-refractivity contribution >= 4 is 5.97 Å². The number of likely N-dealkylation sites (N-methyl/N-ethyl adjacent to an activating group) is 1. The number of quaternary nitrogens is 1. The van der Waals surface area contributed by atoms with Gasteiger partial charge in [0.25, 0.3) is 0 Å². The van der Waals surface area contributed by atoms with Gasteiger partial charge in [0.15, 0.2) is 6.54 Å². The van der Waals surface area contributed by atoms with Crippen LogP contribution in [0.25, 0.3) is 0 Å². The van der Waals surface area contributed by atoms with Crippen LogP contribution >= 0.6 is 0 Å². The number of carboxylic acids is 1. The molecule has 0 fully saturated rings. The smallest absolute Gasteiger partial charge is 0.359 e. The van der Waals surface area contributed by atoms with E-state index in [0.717, 1.165) is 19.5 Å². The molecule has 1 atom stereocenters. The first kappa shape index (κ1) is 32.1. The van der Waals surface area contributed by atoms with E-state index in [2.05, 4.69) is 31.3 Å². The molecule has 0 rings (SSSR count). The topological polar surface area (TPSA) is 49.3 Å². The van der Waals surface area contributed by atoms with Crippen LogP contribution in [-0.2, 0) is 4.79 Å². The number of nitrogens with one attached hydrogen (secondary N) is 1. The molecule has 0 radical (unpaired) electrons. The summed E-state index contributed by atoms with van der Waals surface area (Å²) in [6, 6.07) is 0.614. The lowest BCUT2D eigenvalue weighted by Crippen LogP contribution is -2.45. The Bertz CT molecular complexity index is 463. The summed E-state index contributed by atoms with van der Waals surface area (Å²) in [5.41, 5.74) is 0. The summed E-state index contributed by atoms with van der Waals surface area (Å²) >= 11 is 0. The molecule has 0 aromatic carbocycles. The van der Waals surface area contributed by atoms with E-state index in [9.17, 15) is 4.79 Å². The predicted octanol–water partition coefficient (Wildman–Crippen LogP) is 7.72. The quantitative estimate of drug-likeness (QED) is 0.0820. The van der Waals surface area contributed by atoms with Gasteiger partial charge in [-0.05, 0) is 38.5 Å². The summed E-state index contributed by atoms with van der Waals surface area (Å²) in [7, 11) is 4.00. The molecule has 0 spiro atoms. The molecule has 0 saturated carbocycles. The number of carbonyl (C=O) groups is 1. The molecule has 2 N–H and O–H groups in total. The van der Waals surface area contributed by atoms with Crippen molar-refractivity contribution in [3.05, 3.63) is 12.2 Å². The molecule has 0 bridgehead atoms. The third-order valence-electron chi connectivity index (χ3n) is 6.74. The number of aliphatic carboxylic acids is 1. The Morgan fingerprint density at radius 2 is 1.30 bits per heavy atom. The summed E-state index contributed by atoms with van der Waals surface area (Å²) in [5.74, 6) is -0.713. The third-order valence-corrected chi connectivity index (χ3v) is 6.74. The summed E-state index contributed by atoms with van der Waals surface area (Å²) < 4.78 is 0.559. The van der Waals surface area contributed by atoms with E-state index in [0.29, 0.717) is 10.5 Å². The molecule has 0 aliphatic rings. The molecule has 0 saturated heterocycles. The Hall–Kier alpha value is -0.870. The summed E-state index contributed by atoms with van der Waals surface area (Å²) in [6.07, 6.45) is 28.8. The summed E-state index contributed by atoms with van der Waals surface area (Å²) in [4.78, 5) is 10.9. The highest BCUT2D eigenvalue weighted by Crippen LogP contribution is 2.13. The zero-order valence-corrected chi connectivity index (χ0v) is 22.9. The maximum Gasteiger partial charge on any atom is 0.359 e. The highest BCUT2D eigenvalue weighted by atomic mass is 16.4. The first-order valence-corrected chi connectivity index (χ1v) is 14.3. The molecule has 4 nitrogen and oxygen atoms in total. The molecule has 196 valence electrons. The summed E-state index contributed by atoms with van der Waals surface area (Å²) in [5, 5.41) is 12.7. The van der Waals surface area contributed by atoms with Crippen LogP contribution in [0, 0.1) is 0 Å². The van der Waals surface area contributed by atoms with Gasteiger partial charge in [0, 0.05) is 19.0 Å². The molecule has 0 aromatic heterocycles. The first-order chi connectivity index (χ1) is 15.9. The molecule has 4 heteroatoms. The number of rotatable bonds is 25. The Balaban J connectivity index is 3.46. The molecular formula is C29H59N2O2+. The molecule has 1 unspecified atom stereocenters. The predicted molar refractivity (Wildman–Crippen MR) is 145 cm³/mol. The average molecular weight is 468 g/mol. The van der Waals surface area contributed by atoms with Gasteiger partial charge in [-0.25, -0.2) is 4.79 Å². The first-order valence-electron chi connectivity index (χ1n) is 14.3. The summed E-state index contributed by atoms with van der Waals surface area (Å²) in [6.45, 7) is 6.65. The monoisotopic (exact) mass is 467 g/mol. The third kappa shape index (κ3) is 24.1. The second kappa shape index (κ2) is 22.9. The Morgan fingerprint density at radius 1 is 0.788 bits per heavy atom. The van der Waals surface area contributed by atoms with Gasteiger partial charge in [0.05, 0.1) is 20.6 Å². The van der Waals surface area contributed by atoms with Crippen LogP contribution in [0.5, 0.6) is 0 Å². The maximum absolute atomic E-state index is 10.9. The van der Waals surface area contributed by atoms with Crippen LogP contribution in [-0.4, -0.2) is 55.3 Å². The zero-order chi connectivity index (χ0) is 24.6. The number of hydrogen-bond acceptors (Lipinski definition) is 2. The van der Waals surface area contributed by atoms with Crippen molar-refractivity contribution in [3.63, 3.8) is 0 Å². The van der Waals surface area contributed by atoms with Crippen molar-refractivity contribution in [1.82, 2.24) is 5.32 Å². The van der Waals surface area contributed by atoms with Gasteiger partial charge in [-0.2, -0.15) is 0 Å². The lowest BCUT2D eigenvalue weighted by Gasteiger charge is -2.28. The van der Waals surface area contributed by atoms with E-state index in [-0.39, 0.29) is 6.54 Å². The number of nitrogens with zero attached hydrogens (tertiary/aromatic N) is 1. The number of unbranched alkanes of at least 4 members (excludes halogenated alkanes) is 13. The van der Waals surface area contributed by atoms with Crippen molar-refractivity contribution in [3.8, 4) is 0 Å². The van der Waals surface area contributed by atoms with Crippen molar-refractivity contribution in [2.45, 2.75) is 135 Å². The fourth-order valence-electron chi connectivity index (χ4n) is 4.52. The van der Waals surface area contributed by atoms with Crippen molar-refractivity contribution in [2.75, 3.05) is 33.7 Å². The molecule has 0 aliphatic heterocycles. The van der Waals surface area contributed by atoms with E-state index in [1.807, 2.05) is 14.1 Å². The number of carboxylic acid groups (broad SMARTS) is 1. The van der Waals surface area contributed by atoms with Gasteiger partial charge in [0.1, 0.15) is 0 Å². The molecule has 0 aromatic rings. The van der Waals surface area contributed by atoms with Gasteiger partial charge < -0.3 is 14.9 Å². The maximum atomic E-state index is 10.9. The largest absolute Gasteiger partial charge is 0.477 e. The highest BCUT2D eigenvalue weighted by Gasteiger charge is 2.18. The van der Waals surface area contributed by atoms with E-state index in [1.54, 1.807) is 0 Å². The minimum Gasteiger partial charge on any atom is -0.477 e. The molecule has 0 amide bonds. The molecule has 33 heavy (non-hydrogen) atoms. The Kier molecular flexibility index (Phi) is 22.3. The number of allylic oxidation sites excluding steroid dienone is 2. The molecule has 0 aliphatic carbocycles. The van der Waals surface area contributed by atoms with E-state index >= 15 is 0 Å². The fraction of sp³-hybridized carbons (Fsp3) is 0.897. The number of hydrogen-bond donors (Lipinski definition) is 2. The normalized spacial score (nSPS) is 13.1. The van der Waals surface area contributed by atoms with Crippen LogP contribution in [0.2, 0.25) is 0 Å². The second-order valence-corrected chi connectivity index (χ2v) is 10.7. The zero-order valence-electron chi connectivity index (χ0n) is 22.9. The highest BCUT2D eigenvalue weighted by molar-refractivity contribution is 5.67. The van der Waals surface area contributed by atoms with Crippen LogP contribution in [0.1, 0.15) is 129 Å². The fourth-order valence-corrected chi connectivity index (χ4v) is 4.52. The Labute approximate surface area is 207 Å². The minimum absolute atomic E-state index is 0.202. The van der Waals surface area contributed by atoms with Crippen LogP contribution < -0.4 is 5.32 Å². The van der Waals surface area contributed by atoms with Gasteiger partial charge in [-0.3, -0.25) is 0 Å². The van der Waals surface area contributed by atoms with Gasteiger partial charge in [0.2, 0.25) is 0 Å². The van der Waals surface area contributed by atoms with E-state index in [1.165, 1.54) is 109 Å². The average Bonchev–Trinajstić information content (AvgIpc) is 2.76. The van der Waals surface area contributed by atoms with Gasteiger partial charge in [-0.1, -0.05) is 96.6 Å². The van der Waals surface area contributed by atoms with E-state index in [4.69, 9.17) is 5.11 Å².